The lowest BCUT2D eigenvalue weighted by atomic mass is 10.0. The molecule has 23 heavy (non-hydrogen) atoms. The molecule has 118 valence electrons. The molecule has 0 aliphatic rings. The Bertz CT molecular complexity index is 775. The quantitative estimate of drug-likeness (QED) is 0.529. The van der Waals surface area contributed by atoms with Crippen LogP contribution in [0.4, 0.5) is 5.95 Å². The fourth-order valence-electron chi connectivity index (χ4n) is 1.99. The van der Waals surface area contributed by atoms with Gasteiger partial charge < -0.3 is 5.21 Å². The van der Waals surface area contributed by atoms with E-state index in [0.29, 0.717) is 21.7 Å². The van der Waals surface area contributed by atoms with E-state index in [1.807, 2.05) is 0 Å². The van der Waals surface area contributed by atoms with Gasteiger partial charge in [0.25, 0.3) is 5.91 Å². The van der Waals surface area contributed by atoms with E-state index >= 15 is 0 Å². The van der Waals surface area contributed by atoms with Gasteiger partial charge in [-0.05, 0) is 30.2 Å². The minimum absolute atomic E-state index is 0.0488. The molecule has 1 aromatic carbocycles. The summed E-state index contributed by atoms with van der Waals surface area (Å²) in [4.78, 5) is 33.2. The van der Waals surface area contributed by atoms with Gasteiger partial charge in [-0.1, -0.05) is 22.8 Å². The van der Waals surface area contributed by atoms with Gasteiger partial charge in [-0.25, -0.2) is 14.9 Å². The summed E-state index contributed by atoms with van der Waals surface area (Å²) in [6.45, 7) is 2.96. The van der Waals surface area contributed by atoms with Gasteiger partial charge in [0.05, 0.1) is 23.6 Å². The number of carbonyl (C=O) groups is 2. The maximum Gasteiger partial charge on any atom is 0.267 e. The van der Waals surface area contributed by atoms with Gasteiger partial charge in [-0.2, -0.15) is 0 Å². The summed E-state index contributed by atoms with van der Waals surface area (Å²) >= 11 is 5.72. The van der Waals surface area contributed by atoms with Crippen molar-refractivity contribution in [2.75, 3.05) is 4.90 Å². The molecule has 7 nitrogen and oxygen atoms in total. The van der Waals surface area contributed by atoms with Crippen LogP contribution in [0.3, 0.4) is 0 Å². The van der Waals surface area contributed by atoms with Crippen molar-refractivity contribution in [3.8, 4) is 0 Å². The van der Waals surface area contributed by atoms with Crippen molar-refractivity contribution in [2.24, 2.45) is 5.16 Å². The first-order valence-electron chi connectivity index (χ1n) is 6.54. The summed E-state index contributed by atoms with van der Waals surface area (Å²) in [5, 5.41) is 11.8. The third-order valence-electron chi connectivity index (χ3n) is 3.01. The second-order valence-electron chi connectivity index (χ2n) is 4.68. The van der Waals surface area contributed by atoms with E-state index in [4.69, 9.17) is 16.8 Å². The van der Waals surface area contributed by atoms with Crippen molar-refractivity contribution in [2.45, 2.75) is 13.8 Å². The first-order chi connectivity index (χ1) is 10.9. The van der Waals surface area contributed by atoms with Crippen LogP contribution >= 0.6 is 11.6 Å². The molecule has 0 aliphatic heterocycles. The van der Waals surface area contributed by atoms with E-state index in [-0.39, 0.29) is 5.95 Å². The Hall–Kier alpha value is -2.80. The molecule has 0 saturated heterocycles. The van der Waals surface area contributed by atoms with Crippen LogP contribution in [0.5, 0.6) is 0 Å². The Kier molecular flexibility index (Phi) is 5.02. The smallest absolute Gasteiger partial charge is 0.267 e. The van der Waals surface area contributed by atoms with Crippen LogP contribution in [0.2, 0.25) is 5.02 Å². The molecule has 0 aliphatic carbocycles. The molecule has 2 aromatic rings. The highest BCUT2D eigenvalue weighted by molar-refractivity contribution is 6.30. The van der Waals surface area contributed by atoms with Crippen LogP contribution in [0, 0.1) is 6.92 Å². The predicted octanol–water partition coefficient (Wildman–Crippen LogP) is 2.44. The van der Waals surface area contributed by atoms with Crippen molar-refractivity contribution in [3.63, 3.8) is 0 Å². The summed E-state index contributed by atoms with van der Waals surface area (Å²) in [5.41, 5.74) is 1.56. The van der Waals surface area contributed by atoms with E-state index in [1.54, 1.807) is 25.1 Å². The third kappa shape index (κ3) is 3.70. The summed E-state index contributed by atoms with van der Waals surface area (Å²) < 4.78 is 0. The molecule has 8 heteroatoms. The summed E-state index contributed by atoms with van der Waals surface area (Å²) in [5.74, 6) is -1.12. The number of oxime groups is 1. The van der Waals surface area contributed by atoms with Crippen molar-refractivity contribution in [1.82, 2.24) is 9.97 Å². The Morgan fingerprint density at radius 3 is 2.48 bits per heavy atom. The van der Waals surface area contributed by atoms with E-state index in [9.17, 15) is 9.59 Å². The second-order valence-corrected chi connectivity index (χ2v) is 5.12. The molecule has 1 aromatic heterocycles. The number of hydrogen-bond acceptors (Lipinski definition) is 6. The topological polar surface area (TPSA) is 95.8 Å². The van der Waals surface area contributed by atoms with Crippen molar-refractivity contribution in [1.29, 1.82) is 0 Å². The molecule has 0 saturated carbocycles. The van der Waals surface area contributed by atoms with Crippen LogP contribution in [0.1, 0.15) is 28.4 Å². The predicted molar refractivity (Wildman–Crippen MR) is 85.1 cm³/mol. The number of amides is 2. The molecule has 0 fully saturated rings. The largest absolute Gasteiger partial charge is 0.411 e. The molecule has 0 unspecified atom stereocenters. The molecule has 0 atom stereocenters. The Morgan fingerprint density at radius 2 is 1.96 bits per heavy atom. The number of rotatable bonds is 3. The minimum Gasteiger partial charge on any atom is -0.411 e. The highest BCUT2D eigenvalue weighted by Crippen LogP contribution is 2.17. The zero-order valence-electron chi connectivity index (χ0n) is 12.4. The van der Waals surface area contributed by atoms with E-state index in [0.717, 1.165) is 4.90 Å². The summed E-state index contributed by atoms with van der Waals surface area (Å²) in [6.07, 6.45) is 3.86. The van der Waals surface area contributed by atoms with Gasteiger partial charge in [0.1, 0.15) is 0 Å². The molecule has 2 amide bonds. The molecule has 1 N–H and O–H groups in total. The second kappa shape index (κ2) is 6.97. The van der Waals surface area contributed by atoms with Gasteiger partial charge in [-0.15, -0.1) is 0 Å². The highest BCUT2D eigenvalue weighted by Gasteiger charge is 2.25. The average Bonchev–Trinajstić information content (AvgIpc) is 2.49. The molecule has 0 spiro atoms. The maximum atomic E-state index is 12.7. The lowest BCUT2D eigenvalue weighted by Gasteiger charge is -2.18. The number of halogens is 1. The fourth-order valence-corrected chi connectivity index (χ4v) is 2.09. The first-order valence-corrected chi connectivity index (χ1v) is 6.92. The normalized spacial score (nSPS) is 10.7. The van der Waals surface area contributed by atoms with Gasteiger partial charge in [0, 0.05) is 12.5 Å². The number of imide groups is 1. The number of aryl methyl sites for hydroxylation is 1. The Morgan fingerprint density at radius 1 is 1.30 bits per heavy atom. The SMILES string of the molecule is CC(=O)N(C(=O)c1ccc(C=NO)cc1C)c1ncc(Cl)cn1. The van der Waals surface area contributed by atoms with E-state index < -0.39 is 11.8 Å². The molecular formula is C15H13ClN4O3. The van der Waals surface area contributed by atoms with Gasteiger partial charge in [0.2, 0.25) is 11.9 Å². The van der Waals surface area contributed by atoms with Crippen LogP contribution in [-0.4, -0.2) is 33.2 Å². The monoisotopic (exact) mass is 332 g/mol. The zero-order chi connectivity index (χ0) is 17.0. The highest BCUT2D eigenvalue weighted by atomic mass is 35.5. The Labute approximate surface area is 137 Å². The van der Waals surface area contributed by atoms with Crippen LogP contribution < -0.4 is 4.90 Å². The summed E-state index contributed by atoms with van der Waals surface area (Å²) in [7, 11) is 0. The molecule has 0 bridgehead atoms. The maximum absolute atomic E-state index is 12.7. The minimum atomic E-state index is -0.551. The molecular weight excluding hydrogens is 320 g/mol. The van der Waals surface area contributed by atoms with E-state index in [1.165, 1.54) is 25.5 Å². The average molecular weight is 333 g/mol. The molecule has 1 heterocycles. The third-order valence-corrected chi connectivity index (χ3v) is 3.21. The lowest BCUT2D eigenvalue weighted by Crippen LogP contribution is -2.37. The number of carbonyl (C=O) groups excluding carboxylic acids is 2. The van der Waals surface area contributed by atoms with Crippen LogP contribution in [0.25, 0.3) is 0 Å². The van der Waals surface area contributed by atoms with Crippen molar-refractivity contribution in [3.05, 3.63) is 52.3 Å². The van der Waals surface area contributed by atoms with Crippen LogP contribution in [-0.2, 0) is 4.79 Å². The Balaban J connectivity index is 2.42. The van der Waals surface area contributed by atoms with E-state index in [2.05, 4.69) is 15.1 Å². The number of anilines is 1. The summed E-state index contributed by atoms with van der Waals surface area (Å²) in [6, 6.07) is 4.80. The number of hydrogen-bond donors (Lipinski definition) is 1. The number of aromatic nitrogens is 2. The van der Waals surface area contributed by atoms with Gasteiger partial charge >= 0.3 is 0 Å². The van der Waals surface area contributed by atoms with Crippen molar-refractivity contribution >= 4 is 35.6 Å². The fraction of sp³-hybridized carbons (Fsp3) is 0.133. The van der Waals surface area contributed by atoms with Gasteiger partial charge in [-0.3, -0.25) is 9.59 Å². The first kappa shape index (κ1) is 16.6. The van der Waals surface area contributed by atoms with Crippen LogP contribution in [0.15, 0.2) is 35.7 Å². The lowest BCUT2D eigenvalue weighted by molar-refractivity contribution is -0.116. The number of benzene rings is 1. The van der Waals surface area contributed by atoms with Gasteiger partial charge in [0.15, 0.2) is 0 Å². The standard InChI is InChI=1S/C15H13ClN4O3/c1-9-5-11(6-19-23)3-4-13(9)14(22)20(10(2)21)15-17-7-12(16)8-18-15/h3-8,23H,1-2H3. The number of nitrogens with zero attached hydrogens (tertiary/aromatic N) is 4. The zero-order valence-corrected chi connectivity index (χ0v) is 13.2. The molecule has 0 radical (unpaired) electrons. The van der Waals surface area contributed by atoms with Crippen molar-refractivity contribution < 1.29 is 14.8 Å². The molecule has 2 rings (SSSR count).